The number of rotatable bonds is 4. The maximum absolute atomic E-state index is 12.9. The number of anilines is 1. The van der Waals surface area contributed by atoms with Gasteiger partial charge in [0.05, 0.1) is 23.8 Å². The Hall–Kier alpha value is -3.92. The van der Waals surface area contributed by atoms with Crippen LogP contribution in [0.5, 0.6) is 11.5 Å². The highest BCUT2D eigenvalue weighted by Crippen LogP contribution is 2.36. The first kappa shape index (κ1) is 20.8. The fourth-order valence-corrected chi connectivity index (χ4v) is 2.93. The van der Waals surface area contributed by atoms with Crippen molar-refractivity contribution in [1.82, 2.24) is 5.32 Å². The Morgan fingerprint density at radius 3 is 2.53 bits per heavy atom. The Bertz CT molecular complexity index is 1140. The number of carbonyl (C=O) groups is 3. The van der Waals surface area contributed by atoms with E-state index in [0.717, 1.165) is 18.2 Å². The predicted octanol–water partition coefficient (Wildman–Crippen LogP) is 2.94. The van der Waals surface area contributed by atoms with Crippen LogP contribution < -0.4 is 15.0 Å². The number of hydrogen-bond acceptors (Lipinski definition) is 7. The third-order valence-corrected chi connectivity index (χ3v) is 4.74. The topological polar surface area (TPSA) is 139 Å². The normalized spacial score (nSPS) is 15.4. The van der Waals surface area contributed by atoms with E-state index in [-0.39, 0.29) is 17.0 Å². The summed E-state index contributed by atoms with van der Waals surface area (Å²) < 4.78 is 4.90. The van der Waals surface area contributed by atoms with Gasteiger partial charge in [-0.3, -0.25) is 25.0 Å². The molecule has 1 aliphatic rings. The van der Waals surface area contributed by atoms with Gasteiger partial charge in [0, 0.05) is 16.7 Å². The van der Waals surface area contributed by atoms with Crippen LogP contribution >= 0.6 is 11.6 Å². The van der Waals surface area contributed by atoms with Crippen LogP contribution in [0, 0.1) is 17.0 Å². The number of benzene rings is 2. The Labute approximate surface area is 174 Å². The maximum Gasteiger partial charge on any atom is 0.335 e. The lowest BCUT2D eigenvalue weighted by Gasteiger charge is -2.26. The van der Waals surface area contributed by atoms with Gasteiger partial charge in [0.25, 0.3) is 17.5 Å². The average Bonchev–Trinajstić information content (AvgIpc) is 2.68. The summed E-state index contributed by atoms with van der Waals surface area (Å²) in [5.41, 5.74) is -0.337. The van der Waals surface area contributed by atoms with Gasteiger partial charge in [0.1, 0.15) is 5.57 Å². The van der Waals surface area contributed by atoms with Crippen molar-refractivity contribution < 1.29 is 29.2 Å². The van der Waals surface area contributed by atoms with Crippen LogP contribution in [0.15, 0.2) is 35.9 Å². The Morgan fingerprint density at radius 2 is 1.93 bits per heavy atom. The number of nitro groups is 1. The fraction of sp³-hybridized carbons (Fsp3) is 0.105. The molecule has 0 aliphatic carbocycles. The number of carbonyl (C=O) groups excluding carboxylic acids is 3. The summed E-state index contributed by atoms with van der Waals surface area (Å²) >= 11 is 6.06. The largest absolute Gasteiger partial charge is 0.504 e. The second-order valence-corrected chi connectivity index (χ2v) is 6.64. The standard InChI is InChI=1S/C19H14ClN3O7/c1-9-3-4-11(7-14(9)20)22-18(26)13(17(25)21-19(22)27)6-10-5-12(23(28)29)8-15(30-2)16(10)24/h3-8,24H,1-2H3,(H,21,25,27)/b13-6-. The minimum atomic E-state index is -1.02. The van der Waals surface area contributed by atoms with Gasteiger partial charge in [-0.25, -0.2) is 9.69 Å². The van der Waals surface area contributed by atoms with E-state index < -0.39 is 39.8 Å². The number of barbiturate groups is 1. The molecule has 2 N–H and O–H groups in total. The molecule has 1 aliphatic heterocycles. The number of phenols is 1. The number of ether oxygens (including phenoxy) is 1. The van der Waals surface area contributed by atoms with Crippen LogP contribution in [-0.2, 0) is 9.59 Å². The van der Waals surface area contributed by atoms with Crippen molar-refractivity contribution in [2.24, 2.45) is 0 Å². The minimum absolute atomic E-state index is 0.118. The second kappa shape index (κ2) is 7.84. The zero-order chi connectivity index (χ0) is 22.2. The first-order valence-corrected chi connectivity index (χ1v) is 8.74. The highest BCUT2D eigenvalue weighted by molar-refractivity contribution is 6.39. The van der Waals surface area contributed by atoms with E-state index in [2.05, 4.69) is 0 Å². The number of urea groups is 1. The lowest BCUT2D eigenvalue weighted by atomic mass is 10.0. The average molecular weight is 432 g/mol. The Kier molecular flexibility index (Phi) is 5.43. The number of phenolic OH excluding ortho intramolecular Hbond substituents is 1. The molecule has 1 heterocycles. The van der Waals surface area contributed by atoms with Crippen LogP contribution in [0.4, 0.5) is 16.2 Å². The van der Waals surface area contributed by atoms with Crippen LogP contribution in [-0.4, -0.2) is 35.0 Å². The molecule has 1 fully saturated rings. The number of nitrogens with zero attached hydrogens (tertiary/aromatic N) is 2. The molecular formula is C19H14ClN3O7. The van der Waals surface area contributed by atoms with Crippen molar-refractivity contribution in [2.75, 3.05) is 12.0 Å². The fourth-order valence-electron chi connectivity index (χ4n) is 2.75. The molecular weight excluding hydrogens is 418 g/mol. The minimum Gasteiger partial charge on any atom is -0.504 e. The highest BCUT2D eigenvalue weighted by Gasteiger charge is 2.37. The van der Waals surface area contributed by atoms with Crippen LogP contribution in [0.2, 0.25) is 5.02 Å². The third kappa shape index (κ3) is 3.67. The van der Waals surface area contributed by atoms with E-state index in [1.165, 1.54) is 19.2 Å². The third-order valence-electron chi connectivity index (χ3n) is 4.34. The van der Waals surface area contributed by atoms with E-state index in [9.17, 15) is 29.6 Å². The molecule has 0 atom stereocenters. The van der Waals surface area contributed by atoms with Crippen LogP contribution in [0.1, 0.15) is 11.1 Å². The first-order valence-electron chi connectivity index (χ1n) is 8.37. The molecule has 3 rings (SSSR count). The molecule has 2 aromatic carbocycles. The number of aryl methyl sites for hydroxylation is 1. The molecule has 0 aromatic heterocycles. The number of imide groups is 2. The molecule has 11 heteroatoms. The van der Waals surface area contributed by atoms with E-state index in [0.29, 0.717) is 15.5 Å². The van der Waals surface area contributed by atoms with Gasteiger partial charge in [-0.05, 0) is 30.7 Å². The van der Waals surface area contributed by atoms with Crippen molar-refractivity contribution in [3.63, 3.8) is 0 Å². The molecule has 30 heavy (non-hydrogen) atoms. The Morgan fingerprint density at radius 1 is 1.23 bits per heavy atom. The van der Waals surface area contributed by atoms with Gasteiger partial charge >= 0.3 is 6.03 Å². The van der Waals surface area contributed by atoms with E-state index in [4.69, 9.17) is 16.3 Å². The summed E-state index contributed by atoms with van der Waals surface area (Å²) in [5.74, 6) is -2.76. The quantitative estimate of drug-likeness (QED) is 0.328. The first-order chi connectivity index (χ1) is 14.1. The number of nitrogens with one attached hydrogen (secondary N) is 1. The molecule has 0 spiro atoms. The molecule has 154 valence electrons. The van der Waals surface area contributed by atoms with Gasteiger partial charge in [-0.2, -0.15) is 0 Å². The van der Waals surface area contributed by atoms with Crippen LogP contribution in [0.3, 0.4) is 0 Å². The molecule has 0 unspecified atom stereocenters. The maximum atomic E-state index is 12.9. The number of non-ortho nitro benzene ring substituents is 1. The van der Waals surface area contributed by atoms with Gasteiger partial charge < -0.3 is 9.84 Å². The zero-order valence-corrected chi connectivity index (χ0v) is 16.4. The molecule has 0 radical (unpaired) electrons. The van der Waals surface area contributed by atoms with Crippen molar-refractivity contribution >= 4 is 46.9 Å². The highest BCUT2D eigenvalue weighted by atomic mass is 35.5. The number of amides is 4. The molecule has 4 amide bonds. The van der Waals surface area contributed by atoms with Crippen LogP contribution in [0.25, 0.3) is 6.08 Å². The monoisotopic (exact) mass is 431 g/mol. The summed E-state index contributed by atoms with van der Waals surface area (Å²) in [4.78, 5) is 48.6. The summed E-state index contributed by atoms with van der Waals surface area (Å²) in [5, 5.41) is 23.7. The number of halogens is 1. The van der Waals surface area contributed by atoms with Crippen molar-refractivity contribution in [3.8, 4) is 11.5 Å². The van der Waals surface area contributed by atoms with E-state index in [1.807, 2.05) is 5.32 Å². The molecule has 1 saturated heterocycles. The van der Waals surface area contributed by atoms with Gasteiger partial charge in [0.2, 0.25) is 0 Å². The second-order valence-electron chi connectivity index (χ2n) is 6.23. The van der Waals surface area contributed by atoms with Crippen molar-refractivity contribution in [2.45, 2.75) is 6.92 Å². The lowest BCUT2D eigenvalue weighted by Crippen LogP contribution is -2.54. The molecule has 0 bridgehead atoms. The molecule has 10 nitrogen and oxygen atoms in total. The van der Waals surface area contributed by atoms with Crippen molar-refractivity contribution in [3.05, 3.63) is 62.2 Å². The predicted molar refractivity (Wildman–Crippen MR) is 107 cm³/mol. The lowest BCUT2D eigenvalue weighted by molar-refractivity contribution is -0.385. The number of hydrogen-bond donors (Lipinski definition) is 2. The van der Waals surface area contributed by atoms with E-state index >= 15 is 0 Å². The summed E-state index contributed by atoms with van der Waals surface area (Å²) in [6, 6.07) is 5.42. The SMILES string of the molecule is COc1cc([N+](=O)[O-])cc(/C=C2/C(=O)NC(=O)N(c3ccc(C)c(Cl)c3)C2=O)c1O. The number of nitro benzene ring substituents is 1. The smallest absolute Gasteiger partial charge is 0.335 e. The van der Waals surface area contributed by atoms with Gasteiger partial charge in [-0.1, -0.05) is 17.7 Å². The number of methoxy groups -OCH3 is 1. The van der Waals surface area contributed by atoms with Gasteiger partial charge in [0.15, 0.2) is 11.5 Å². The summed E-state index contributed by atoms with van der Waals surface area (Å²) in [6.07, 6.45) is 0.942. The Balaban J connectivity index is 2.12. The van der Waals surface area contributed by atoms with Gasteiger partial charge in [-0.15, -0.1) is 0 Å². The summed E-state index contributed by atoms with van der Waals surface area (Å²) in [6.45, 7) is 1.73. The van der Waals surface area contributed by atoms with Crippen molar-refractivity contribution in [1.29, 1.82) is 0 Å². The molecule has 0 saturated carbocycles. The zero-order valence-electron chi connectivity index (χ0n) is 15.6. The number of aromatic hydroxyl groups is 1. The molecule has 2 aromatic rings. The summed E-state index contributed by atoms with van der Waals surface area (Å²) in [7, 11) is 1.19. The van der Waals surface area contributed by atoms with E-state index in [1.54, 1.807) is 13.0 Å².